The minimum Gasteiger partial charge on any atom is -0.274 e. The van der Waals surface area contributed by atoms with Gasteiger partial charge in [0.25, 0.3) is 5.91 Å². The lowest BCUT2D eigenvalue weighted by molar-refractivity contribution is -0.147. The number of carbonyl (C=O) groups excluding carboxylic acids is 3. The minimum atomic E-state index is -0.505. The van der Waals surface area contributed by atoms with Crippen molar-refractivity contribution in [3.05, 3.63) is 48.0 Å². The summed E-state index contributed by atoms with van der Waals surface area (Å²) in [5.74, 6) is -1.66. The molecule has 1 aliphatic carbocycles. The fraction of sp³-hybridized carbons (Fsp3) is 0.353. The topological polar surface area (TPSA) is 75.7 Å². The Morgan fingerprint density at radius 1 is 1.09 bits per heavy atom. The molecule has 0 bridgehead atoms. The van der Waals surface area contributed by atoms with E-state index >= 15 is 0 Å². The van der Waals surface area contributed by atoms with Crippen molar-refractivity contribution >= 4 is 17.7 Å². The van der Waals surface area contributed by atoms with E-state index in [0.29, 0.717) is 12.8 Å². The summed E-state index contributed by atoms with van der Waals surface area (Å²) in [7, 11) is 0. The van der Waals surface area contributed by atoms with Gasteiger partial charge in [-0.2, -0.15) is 0 Å². The van der Waals surface area contributed by atoms with Crippen LogP contribution < -0.4 is 5.48 Å². The Morgan fingerprint density at radius 2 is 1.70 bits per heavy atom. The average Bonchev–Trinajstić information content (AvgIpc) is 2.81. The molecule has 0 radical (unpaired) electrons. The summed E-state index contributed by atoms with van der Waals surface area (Å²) in [5.41, 5.74) is 3.19. The number of benzene rings is 1. The molecule has 120 valence electrons. The molecule has 0 saturated carbocycles. The second-order valence-electron chi connectivity index (χ2n) is 5.72. The van der Waals surface area contributed by atoms with Gasteiger partial charge in [0, 0.05) is 0 Å². The first kappa shape index (κ1) is 15.4. The maximum atomic E-state index is 12.2. The summed E-state index contributed by atoms with van der Waals surface area (Å²) in [5, 5.41) is 0. The van der Waals surface area contributed by atoms with Gasteiger partial charge in [-0.25, -0.2) is 5.48 Å². The SMILES string of the molecule is O=C(CN1C(=O)[C@H]2CC=CC[C@H]2C1=O)NOCc1ccccc1. The molecule has 6 nitrogen and oxygen atoms in total. The lowest BCUT2D eigenvalue weighted by Gasteiger charge is -2.14. The molecule has 1 heterocycles. The molecule has 23 heavy (non-hydrogen) atoms. The van der Waals surface area contributed by atoms with Crippen molar-refractivity contribution in [2.75, 3.05) is 6.54 Å². The first-order chi connectivity index (χ1) is 11.2. The molecule has 0 aromatic heterocycles. The first-order valence-corrected chi connectivity index (χ1v) is 7.61. The number of likely N-dealkylation sites (tertiary alicyclic amines) is 1. The Balaban J connectivity index is 1.50. The Bertz CT molecular complexity index is 615. The van der Waals surface area contributed by atoms with Crippen LogP contribution in [0.3, 0.4) is 0 Å². The molecule has 6 heteroatoms. The lowest BCUT2D eigenvalue weighted by Crippen LogP contribution is -2.41. The zero-order chi connectivity index (χ0) is 16.2. The third-order valence-electron chi connectivity index (χ3n) is 4.17. The molecule has 1 saturated heterocycles. The highest BCUT2D eigenvalue weighted by atomic mass is 16.6. The maximum absolute atomic E-state index is 12.2. The number of nitrogens with one attached hydrogen (secondary N) is 1. The van der Waals surface area contributed by atoms with Crippen LogP contribution in [0.15, 0.2) is 42.5 Å². The van der Waals surface area contributed by atoms with Gasteiger partial charge in [-0.3, -0.25) is 24.1 Å². The monoisotopic (exact) mass is 314 g/mol. The Labute approximate surface area is 134 Å². The van der Waals surface area contributed by atoms with Gasteiger partial charge >= 0.3 is 0 Å². The number of hydrogen-bond donors (Lipinski definition) is 1. The Morgan fingerprint density at radius 3 is 2.30 bits per heavy atom. The number of carbonyl (C=O) groups is 3. The molecule has 3 amide bonds. The van der Waals surface area contributed by atoms with E-state index in [2.05, 4.69) is 5.48 Å². The summed E-state index contributed by atoms with van der Waals surface area (Å²) >= 11 is 0. The summed E-state index contributed by atoms with van der Waals surface area (Å²) in [6, 6.07) is 9.38. The third kappa shape index (κ3) is 3.32. The van der Waals surface area contributed by atoms with Crippen LogP contribution in [0.1, 0.15) is 18.4 Å². The van der Waals surface area contributed by atoms with Crippen LogP contribution in [0.5, 0.6) is 0 Å². The number of imide groups is 1. The second kappa shape index (κ2) is 6.75. The number of hydrogen-bond acceptors (Lipinski definition) is 4. The summed E-state index contributed by atoms with van der Waals surface area (Å²) in [6.07, 6.45) is 4.97. The van der Waals surface area contributed by atoms with Crippen molar-refractivity contribution in [3.8, 4) is 0 Å². The molecular weight excluding hydrogens is 296 g/mol. The standard InChI is InChI=1S/C17H18N2O4/c20-15(18-23-11-12-6-2-1-3-7-12)10-19-16(21)13-8-4-5-9-14(13)17(19)22/h1-7,13-14H,8-11H2,(H,18,20)/t13-,14+. The zero-order valence-corrected chi connectivity index (χ0v) is 12.6. The van der Waals surface area contributed by atoms with Crippen molar-refractivity contribution in [2.45, 2.75) is 19.4 Å². The van der Waals surface area contributed by atoms with Gasteiger partial charge in [0.05, 0.1) is 18.4 Å². The van der Waals surface area contributed by atoms with Crippen LogP contribution in [-0.2, 0) is 25.8 Å². The van der Waals surface area contributed by atoms with Gasteiger partial charge in [0.2, 0.25) is 11.8 Å². The van der Waals surface area contributed by atoms with Crippen LogP contribution in [0, 0.1) is 11.8 Å². The Kier molecular flexibility index (Phi) is 4.52. The number of rotatable bonds is 5. The second-order valence-corrected chi connectivity index (χ2v) is 5.72. The van der Waals surface area contributed by atoms with E-state index in [1.165, 1.54) is 0 Å². The maximum Gasteiger partial charge on any atom is 0.263 e. The molecule has 3 rings (SSSR count). The van der Waals surface area contributed by atoms with Crippen molar-refractivity contribution in [3.63, 3.8) is 0 Å². The van der Waals surface area contributed by atoms with Gasteiger partial charge in [-0.1, -0.05) is 42.5 Å². The summed E-state index contributed by atoms with van der Waals surface area (Å²) in [6.45, 7) is -0.0664. The van der Waals surface area contributed by atoms with E-state index in [4.69, 9.17) is 4.84 Å². The van der Waals surface area contributed by atoms with E-state index in [9.17, 15) is 14.4 Å². The quantitative estimate of drug-likeness (QED) is 0.503. The highest BCUT2D eigenvalue weighted by molar-refractivity contribution is 6.07. The van der Waals surface area contributed by atoms with Gasteiger partial charge in [-0.05, 0) is 18.4 Å². The van der Waals surface area contributed by atoms with E-state index < -0.39 is 5.91 Å². The number of amides is 3. The van der Waals surface area contributed by atoms with Crippen LogP contribution in [0.4, 0.5) is 0 Å². The average molecular weight is 314 g/mol. The molecule has 2 atom stereocenters. The first-order valence-electron chi connectivity index (χ1n) is 7.61. The predicted octanol–water partition coefficient (Wildman–Crippen LogP) is 1.19. The summed E-state index contributed by atoms with van der Waals surface area (Å²) < 4.78 is 0. The molecular formula is C17H18N2O4. The van der Waals surface area contributed by atoms with Crippen molar-refractivity contribution < 1.29 is 19.2 Å². The van der Waals surface area contributed by atoms with Crippen molar-refractivity contribution in [1.29, 1.82) is 0 Å². The van der Waals surface area contributed by atoms with Crippen LogP contribution in [0.25, 0.3) is 0 Å². The van der Waals surface area contributed by atoms with Crippen LogP contribution in [0.2, 0.25) is 0 Å². The lowest BCUT2D eigenvalue weighted by atomic mass is 9.85. The van der Waals surface area contributed by atoms with E-state index in [0.717, 1.165) is 10.5 Å². The van der Waals surface area contributed by atoms with E-state index in [-0.39, 0.29) is 36.8 Å². The van der Waals surface area contributed by atoms with Gasteiger partial charge in [0.15, 0.2) is 0 Å². The van der Waals surface area contributed by atoms with Crippen molar-refractivity contribution in [2.24, 2.45) is 11.8 Å². The normalized spacial score (nSPS) is 23.0. The van der Waals surface area contributed by atoms with Crippen molar-refractivity contribution in [1.82, 2.24) is 10.4 Å². The van der Waals surface area contributed by atoms with Gasteiger partial charge in [0.1, 0.15) is 6.54 Å². The predicted molar refractivity (Wildman–Crippen MR) is 81.4 cm³/mol. The molecule has 1 N–H and O–H groups in total. The molecule has 1 aromatic rings. The summed E-state index contributed by atoms with van der Waals surface area (Å²) in [4.78, 5) is 42.5. The third-order valence-corrected chi connectivity index (χ3v) is 4.17. The van der Waals surface area contributed by atoms with Crippen LogP contribution >= 0.6 is 0 Å². The van der Waals surface area contributed by atoms with Gasteiger partial charge in [-0.15, -0.1) is 0 Å². The molecule has 1 aromatic carbocycles. The van der Waals surface area contributed by atoms with Crippen LogP contribution in [-0.4, -0.2) is 29.2 Å². The highest BCUT2D eigenvalue weighted by Crippen LogP contribution is 2.34. The fourth-order valence-electron chi connectivity index (χ4n) is 2.97. The van der Waals surface area contributed by atoms with E-state index in [1.807, 2.05) is 42.5 Å². The number of fused-ring (bicyclic) bond motifs is 1. The fourth-order valence-corrected chi connectivity index (χ4v) is 2.97. The molecule has 0 spiro atoms. The minimum absolute atomic E-state index is 0.226. The number of nitrogens with zero attached hydrogens (tertiary/aromatic N) is 1. The highest BCUT2D eigenvalue weighted by Gasteiger charge is 2.47. The zero-order valence-electron chi connectivity index (χ0n) is 12.6. The molecule has 1 aliphatic heterocycles. The molecule has 0 unspecified atom stereocenters. The molecule has 2 aliphatic rings. The number of allylic oxidation sites excluding steroid dienone is 2. The largest absolute Gasteiger partial charge is 0.274 e. The van der Waals surface area contributed by atoms with E-state index in [1.54, 1.807) is 0 Å². The van der Waals surface area contributed by atoms with Gasteiger partial charge < -0.3 is 0 Å². The smallest absolute Gasteiger partial charge is 0.263 e. The Hall–Kier alpha value is -2.47. The number of hydroxylamine groups is 1. The molecule has 1 fully saturated rings.